The standard InChI is InChI=1S/C27H39NO3/c1-17(29)27-12-6-5-7-20(27)16-24-22-9-8-19-15-21(28-31-18(2)30)10-13-25(19,3)23(22)11-14-26(24,27)4/h15,20,22-24H,5-14,16H2,1-4H3/b28-21-/t20-,22+,23-,24+,25+,26+,27+/m1/s1. The number of fused-ring (bicyclic) bond motifs is 7. The van der Waals surface area contributed by atoms with Crippen LogP contribution in [0, 0.1) is 39.9 Å². The van der Waals surface area contributed by atoms with Gasteiger partial charge in [-0.1, -0.05) is 37.4 Å². The molecule has 4 saturated carbocycles. The predicted octanol–water partition coefficient (Wildman–Crippen LogP) is 6.24. The molecule has 0 heterocycles. The van der Waals surface area contributed by atoms with Crippen LogP contribution in [0.1, 0.15) is 98.3 Å². The molecule has 0 aromatic carbocycles. The number of ketones is 1. The van der Waals surface area contributed by atoms with Gasteiger partial charge in [-0.15, -0.1) is 0 Å². The van der Waals surface area contributed by atoms with Crippen LogP contribution in [0.5, 0.6) is 0 Å². The highest BCUT2D eigenvalue weighted by atomic mass is 16.7. The molecule has 4 fully saturated rings. The van der Waals surface area contributed by atoms with Gasteiger partial charge in [0.1, 0.15) is 5.78 Å². The number of carbonyl (C=O) groups excluding carboxylic acids is 2. The Labute approximate surface area is 187 Å². The number of hydrogen-bond acceptors (Lipinski definition) is 4. The van der Waals surface area contributed by atoms with Gasteiger partial charge in [0.2, 0.25) is 0 Å². The molecule has 5 aliphatic rings. The number of hydrogen-bond donors (Lipinski definition) is 0. The normalized spacial score (nSPS) is 47.5. The maximum atomic E-state index is 13.2. The van der Waals surface area contributed by atoms with Crippen molar-refractivity contribution in [2.75, 3.05) is 0 Å². The van der Waals surface area contributed by atoms with E-state index in [9.17, 15) is 9.59 Å². The Kier molecular flexibility index (Phi) is 5.03. The second-order valence-electron chi connectivity index (χ2n) is 11.8. The molecule has 0 unspecified atom stereocenters. The molecule has 0 aromatic heterocycles. The highest BCUT2D eigenvalue weighted by Crippen LogP contribution is 2.74. The summed E-state index contributed by atoms with van der Waals surface area (Å²) in [6, 6.07) is 0. The van der Waals surface area contributed by atoms with E-state index in [0.717, 1.165) is 37.3 Å². The topological polar surface area (TPSA) is 55.7 Å². The lowest BCUT2D eigenvalue weighted by atomic mass is 9.44. The summed E-state index contributed by atoms with van der Waals surface area (Å²) in [4.78, 5) is 29.3. The monoisotopic (exact) mass is 425 g/mol. The minimum atomic E-state index is -0.350. The lowest BCUT2D eigenvalue weighted by Crippen LogP contribution is -2.55. The van der Waals surface area contributed by atoms with Crippen molar-refractivity contribution >= 4 is 17.5 Å². The number of carbonyl (C=O) groups is 2. The van der Waals surface area contributed by atoms with Gasteiger partial charge in [-0.3, -0.25) is 4.79 Å². The molecule has 4 nitrogen and oxygen atoms in total. The average molecular weight is 426 g/mol. The Morgan fingerprint density at radius 1 is 1.00 bits per heavy atom. The highest BCUT2D eigenvalue weighted by molar-refractivity contribution is 5.96. The second-order valence-corrected chi connectivity index (χ2v) is 11.8. The summed E-state index contributed by atoms with van der Waals surface area (Å²) >= 11 is 0. The van der Waals surface area contributed by atoms with Gasteiger partial charge >= 0.3 is 5.97 Å². The summed E-state index contributed by atoms with van der Waals surface area (Å²) < 4.78 is 0. The molecule has 5 aliphatic carbocycles. The van der Waals surface area contributed by atoms with Crippen LogP contribution < -0.4 is 0 Å². The first-order valence-corrected chi connectivity index (χ1v) is 12.7. The van der Waals surface area contributed by atoms with Crippen LogP contribution in [0.4, 0.5) is 0 Å². The molecule has 0 spiro atoms. The second kappa shape index (κ2) is 7.28. The number of nitrogens with zero attached hydrogens (tertiary/aromatic N) is 1. The predicted molar refractivity (Wildman–Crippen MR) is 121 cm³/mol. The molecule has 0 bridgehead atoms. The third-order valence-corrected chi connectivity index (χ3v) is 10.9. The van der Waals surface area contributed by atoms with E-state index in [2.05, 4.69) is 25.1 Å². The zero-order valence-electron chi connectivity index (χ0n) is 19.8. The molecule has 0 N–H and O–H groups in total. The molecule has 7 atom stereocenters. The summed E-state index contributed by atoms with van der Waals surface area (Å²) in [6.45, 7) is 8.32. The molecule has 0 aromatic rings. The minimum Gasteiger partial charge on any atom is -0.318 e. The summed E-state index contributed by atoms with van der Waals surface area (Å²) in [7, 11) is 0. The van der Waals surface area contributed by atoms with E-state index in [-0.39, 0.29) is 22.2 Å². The fraction of sp³-hybridized carbons (Fsp3) is 0.815. The molecule has 170 valence electrons. The smallest absolute Gasteiger partial charge is 0.318 e. The van der Waals surface area contributed by atoms with Gasteiger partial charge in [-0.2, -0.15) is 0 Å². The number of oxime groups is 1. The van der Waals surface area contributed by atoms with Crippen LogP contribution in [0.25, 0.3) is 0 Å². The van der Waals surface area contributed by atoms with Gasteiger partial charge in [0.05, 0.1) is 5.71 Å². The van der Waals surface area contributed by atoms with Gasteiger partial charge in [-0.25, -0.2) is 4.79 Å². The fourth-order valence-corrected chi connectivity index (χ4v) is 9.56. The van der Waals surface area contributed by atoms with E-state index in [1.165, 1.54) is 57.4 Å². The maximum absolute atomic E-state index is 13.2. The van der Waals surface area contributed by atoms with Crippen molar-refractivity contribution in [3.63, 3.8) is 0 Å². The molecule has 5 rings (SSSR count). The zero-order chi connectivity index (χ0) is 22.0. The van der Waals surface area contributed by atoms with Crippen LogP contribution in [0.3, 0.4) is 0 Å². The van der Waals surface area contributed by atoms with Gasteiger partial charge in [0, 0.05) is 12.3 Å². The largest absolute Gasteiger partial charge is 0.331 e. The Hall–Kier alpha value is -1.45. The van der Waals surface area contributed by atoms with Crippen molar-refractivity contribution in [3.05, 3.63) is 11.6 Å². The van der Waals surface area contributed by atoms with Crippen LogP contribution in [0.15, 0.2) is 16.8 Å². The van der Waals surface area contributed by atoms with Crippen LogP contribution in [-0.4, -0.2) is 17.5 Å². The molecule has 0 saturated heterocycles. The third kappa shape index (κ3) is 2.88. The SMILES string of the molecule is CC(=O)O/N=C1\C=C2CC[C@H]3[C@@H](CC[C@@]4(C)[C@H]3C[C@H]3CCCC[C@]34C(C)=O)[C@@]2(C)CC1. The van der Waals surface area contributed by atoms with Crippen molar-refractivity contribution in [2.24, 2.45) is 45.1 Å². The molecule has 0 radical (unpaired) electrons. The summed E-state index contributed by atoms with van der Waals surface area (Å²) in [5.41, 5.74) is 2.82. The fourth-order valence-electron chi connectivity index (χ4n) is 9.56. The Bertz CT molecular complexity index is 859. The van der Waals surface area contributed by atoms with E-state index in [4.69, 9.17) is 4.84 Å². The number of Topliss-reactive ketones (excluding diaryl/α,β-unsaturated/α-hetero) is 1. The van der Waals surface area contributed by atoms with Crippen molar-refractivity contribution < 1.29 is 14.4 Å². The van der Waals surface area contributed by atoms with Gasteiger partial charge in [-0.05, 0) is 105 Å². The van der Waals surface area contributed by atoms with Crippen molar-refractivity contribution in [1.82, 2.24) is 0 Å². The summed E-state index contributed by atoms with van der Waals surface area (Å²) in [6.07, 6.45) is 15.3. The average Bonchev–Trinajstić information content (AvgIpc) is 3.02. The summed E-state index contributed by atoms with van der Waals surface area (Å²) in [5.74, 6) is 2.92. The third-order valence-electron chi connectivity index (χ3n) is 10.9. The first kappa shape index (κ1) is 21.4. The van der Waals surface area contributed by atoms with E-state index in [1.807, 2.05) is 6.92 Å². The van der Waals surface area contributed by atoms with Gasteiger partial charge in [0.15, 0.2) is 0 Å². The summed E-state index contributed by atoms with van der Waals surface area (Å²) in [5, 5.41) is 4.10. The number of allylic oxidation sites excluding steroid dienone is 2. The Morgan fingerprint density at radius 3 is 2.55 bits per heavy atom. The van der Waals surface area contributed by atoms with Crippen molar-refractivity contribution in [3.8, 4) is 0 Å². The molecule has 0 aliphatic heterocycles. The molecular formula is C27H39NO3. The lowest BCUT2D eigenvalue weighted by Gasteiger charge is -2.60. The minimum absolute atomic E-state index is 0.0473. The van der Waals surface area contributed by atoms with Crippen molar-refractivity contribution in [1.29, 1.82) is 0 Å². The molecule has 0 amide bonds. The quantitative estimate of drug-likeness (QED) is 0.388. The zero-order valence-corrected chi connectivity index (χ0v) is 19.8. The van der Waals surface area contributed by atoms with E-state index < -0.39 is 0 Å². The van der Waals surface area contributed by atoms with Crippen LogP contribution >= 0.6 is 0 Å². The first-order valence-electron chi connectivity index (χ1n) is 12.7. The van der Waals surface area contributed by atoms with E-state index >= 15 is 0 Å². The lowest BCUT2D eigenvalue weighted by molar-refractivity contribution is -0.147. The number of rotatable bonds is 2. The van der Waals surface area contributed by atoms with Crippen LogP contribution in [-0.2, 0) is 14.4 Å². The highest BCUT2D eigenvalue weighted by Gasteiger charge is 2.69. The molecular weight excluding hydrogens is 386 g/mol. The molecule has 31 heavy (non-hydrogen) atoms. The Balaban J connectivity index is 1.46. The van der Waals surface area contributed by atoms with E-state index in [0.29, 0.717) is 23.5 Å². The molecule has 4 heteroatoms. The maximum Gasteiger partial charge on any atom is 0.331 e. The first-order chi connectivity index (χ1) is 14.7. The Morgan fingerprint density at radius 2 is 1.81 bits per heavy atom. The van der Waals surface area contributed by atoms with Crippen molar-refractivity contribution in [2.45, 2.75) is 98.3 Å². The van der Waals surface area contributed by atoms with Gasteiger partial charge in [0.25, 0.3) is 0 Å². The van der Waals surface area contributed by atoms with Crippen LogP contribution in [0.2, 0.25) is 0 Å². The van der Waals surface area contributed by atoms with E-state index in [1.54, 1.807) is 0 Å². The van der Waals surface area contributed by atoms with Gasteiger partial charge < -0.3 is 4.84 Å².